The summed E-state index contributed by atoms with van der Waals surface area (Å²) in [5.74, 6) is 1.08. The second-order valence-electron chi connectivity index (χ2n) is 7.89. The minimum atomic E-state index is -0.734. The maximum atomic E-state index is 11.1. The SMILES string of the molecule is O=C(O)CC1CSc2cc(OC3CCc4c3cccc4N3CCOCC3)ccc21. The molecule has 1 saturated heterocycles. The molecule has 1 aliphatic carbocycles. The number of rotatable bonds is 5. The van der Waals surface area contributed by atoms with E-state index >= 15 is 0 Å². The zero-order valence-electron chi connectivity index (χ0n) is 16.3. The van der Waals surface area contributed by atoms with E-state index in [2.05, 4.69) is 35.2 Å². The van der Waals surface area contributed by atoms with Crippen LogP contribution in [0.3, 0.4) is 0 Å². The molecule has 0 aromatic heterocycles. The standard InChI is InChI=1S/C23H25NO4S/c25-23(26)12-15-14-29-22-13-16(4-5-17(15)22)28-21-7-6-18-19(21)2-1-3-20(18)24-8-10-27-11-9-24/h1-5,13,15,21H,6-12,14H2,(H,25,26). The van der Waals surface area contributed by atoms with Gasteiger partial charge in [0.1, 0.15) is 11.9 Å². The summed E-state index contributed by atoms with van der Waals surface area (Å²) in [5, 5.41) is 9.11. The summed E-state index contributed by atoms with van der Waals surface area (Å²) in [6.45, 7) is 3.47. The van der Waals surface area contributed by atoms with E-state index in [0.29, 0.717) is 0 Å². The van der Waals surface area contributed by atoms with Gasteiger partial charge in [0, 0.05) is 35.3 Å². The molecule has 6 heteroatoms. The van der Waals surface area contributed by atoms with E-state index in [4.69, 9.17) is 14.6 Å². The molecule has 2 aromatic carbocycles. The number of carboxylic acid groups (broad SMARTS) is 1. The molecule has 0 bridgehead atoms. The average molecular weight is 412 g/mol. The Morgan fingerprint density at radius 3 is 2.90 bits per heavy atom. The van der Waals surface area contributed by atoms with Gasteiger partial charge < -0.3 is 19.5 Å². The van der Waals surface area contributed by atoms with Crippen LogP contribution in [0.2, 0.25) is 0 Å². The van der Waals surface area contributed by atoms with Gasteiger partial charge in [-0.3, -0.25) is 4.79 Å². The first kappa shape index (κ1) is 18.8. The van der Waals surface area contributed by atoms with Crippen LogP contribution in [-0.4, -0.2) is 43.1 Å². The lowest BCUT2D eigenvalue weighted by atomic mass is 9.98. The summed E-state index contributed by atoms with van der Waals surface area (Å²) >= 11 is 1.74. The monoisotopic (exact) mass is 411 g/mol. The topological polar surface area (TPSA) is 59.0 Å². The van der Waals surface area contributed by atoms with Crippen molar-refractivity contribution < 1.29 is 19.4 Å². The fourth-order valence-corrected chi connectivity index (χ4v) is 5.97. The number of aliphatic carboxylic acids is 1. The lowest BCUT2D eigenvalue weighted by Gasteiger charge is -2.30. The number of anilines is 1. The highest BCUT2D eigenvalue weighted by molar-refractivity contribution is 7.99. The van der Waals surface area contributed by atoms with E-state index in [1.165, 1.54) is 16.8 Å². The minimum absolute atomic E-state index is 0.0743. The van der Waals surface area contributed by atoms with Gasteiger partial charge in [0.15, 0.2) is 0 Å². The molecule has 0 amide bonds. The highest BCUT2D eigenvalue weighted by atomic mass is 32.2. The van der Waals surface area contributed by atoms with E-state index in [9.17, 15) is 4.79 Å². The first-order chi connectivity index (χ1) is 14.2. The molecule has 5 rings (SSSR count). The van der Waals surface area contributed by atoms with Crippen molar-refractivity contribution in [2.45, 2.75) is 36.2 Å². The van der Waals surface area contributed by atoms with Crippen LogP contribution in [-0.2, 0) is 16.0 Å². The molecule has 2 unspecified atom stereocenters. The predicted molar refractivity (Wildman–Crippen MR) is 113 cm³/mol. The highest BCUT2D eigenvalue weighted by Gasteiger charge is 2.30. The molecule has 0 radical (unpaired) electrons. The average Bonchev–Trinajstić information content (AvgIpc) is 3.32. The first-order valence-corrected chi connectivity index (χ1v) is 11.3. The zero-order valence-corrected chi connectivity index (χ0v) is 17.1. The second kappa shape index (κ2) is 7.92. The van der Waals surface area contributed by atoms with Crippen LogP contribution in [0.4, 0.5) is 5.69 Å². The molecule has 2 atom stereocenters. The van der Waals surface area contributed by atoms with Crippen molar-refractivity contribution in [3.8, 4) is 5.75 Å². The van der Waals surface area contributed by atoms with E-state index in [-0.39, 0.29) is 18.4 Å². The van der Waals surface area contributed by atoms with Crippen molar-refractivity contribution >= 4 is 23.4 Å². The fraction of sp³-hybridized carbons (Fsp3) is 0.435. The molecular formula is C23H25NO4S. The van der Waals surface area contributed by atoms with E-state index < -0.39 is 5.97 Å². The van der Waals surface area contributed by atoms with Crippen LogP contribution in [0.5, 0.6) is 5.75 Å². The third-order valence-corrected chi connectivity index (χ3v) is 7.34. The van der Waals surface area contributed by atoms with Gasteiger partial charge in [-0.15, -0.1) is 11.8 Å². The van der Waals surface area contributed by atoms with Gasteiger partial charge in [-0.2, -0.15) is 0 Å². The molecule has 152 valence electrons. The largest absolute Gasteiger partial charge is 0.486 e. The first-order valence-electron chi connectivity index (χ1n) is 10.3. The number of nitrogens with zero attached hydrogens (tertiary/aromatic N) is 1. The van der Waals surface area contributed by atoms with E-state index in [1.807, 2.05) is 6.07 Å². The molecule has 0 saturated carbocycles. The van der Waals surface area contributed by atoms with Crippen molar-refractivity contribution in [1.29, 1.82) is 0 Å². The molecule has 2 aromatic rings. The molecule has 2 heterocycles. The summed E-state index contributed by atoms with van der Waals surface area (Å²) in [4.78, 5) is 14.7. The number of morpholine rings is 1. The van der Waals surface area contributed by atoms with Gasteiger partial charge in [0.05, 0.1) is 19.6 Å². The quantitative estimate of drug-likeness (QED) is 0.794. The smallest absolute Gasteiger partial charge is 0.303 e. The summed E-state index contributed by atoms with van der Waals surface area (Å²) < 4.78 is 11.9. The van der Waals surface area contributed by atoms with Gasteiger partial charge in [0.25, 0.3) is 0 Å². The fourth-order valence-electron chi connectivity index (χ4n) is 4.69. The Bertz CT molecular complexity index is 925. The van der Waals surface area contributed by atoms with Gasteiger partial charge in [-0.05, 0) is 47.7 Å². The third-order valence-electron chi connectivity index (χ3n) is 6.11. The predicted octanol–water partition coefficient (Wildman–Crippen LogP) is 4.25. The molecule has 2 aliphatic heterocycles. The Morgan fingerprint density at radius 2 is 2.07 bits per heavy atom. The number of carboxylic acids is 1. The summed E-state index contributed by atoms with van der Waals surface area (Å²) in [6, 6.07) is 12.7. The summed E-state index contributed by atoms with van der Waals surface area (Å²) in [5.41, 5.74) is 5.19. The van der Waals surface area contributed by atoms with Crippen molar-refractivity contribution in [3.63, 3.8) is 0 Å². The number of thioether (sulfide) groups is 1. The van der Waals surface area contributed by atoms with Crippen LogP contribution in [0, 0.1) is 0 Å². The maximum absolute atomic E-state index is 11.1. The second-order valence-corrected chi connectivity index (χ2v) is 8.96. The molecular weight excluding hydrogens is 386 g/mol. The molecule has 29 heavy (non-hydrogen) atoms. The molecule has 0 spiro atoms. The molecule has 3 aliphatic rings. The van der Waals surface area contributed by atoms with Gasteiger partial charge in [0.2, 0.25) is 0 Å². The normalized spacial score (nSPS) is 23.0. The van der Waals surface area contributed by atoms with E-state index in [1.54, 1.807) is 11.8 Å². The van der Waals surface area contributed by atoms with Crippen molar-refractivity contribution in [1.82, 2.24) is 0 Å². The zero-order chi connectivity index (χ0) is 19.8. The van der Waals surface area contributed by atoms with Crippen molar-refractivity contribution in [2.75, 3.05) is 37.0 Å². The van der Waals surface area contributed by atoms with Gasteiger partial charge in [-0.25, -0.2) is 0 Å². The number of hydrogen-bond donors (Lipinski definition) is 1. The summed E-state index contributed by atoms with van der Waals surface area (Å²) in [6.07, 6.45) is 2.29. The van der Waals surface area contributed by atoms with Crippen LogP contribution >= 0.6 is 11.8 Å². The van der Waals surface area contributed by atoms with Crippen molar-refractivity contribution in [2.24, 2.45) is 0 Å². The molecule has 1 fully saturated rings. The number of fused-ring (bicyclic) bond motifs is 2. The third kappa shape index (κ3) is 3.71. The maximum Gasteiger partial charge on any atom is 0.303 e. The number of hydrogen-bond acceptors (Lipinski definition) is 5. The summed E-state index contributed by atoms with van der Waals surface area (Å²) in [7, 11) is 0. The minimum Gasteiger partial charge on any atom is -0.486 e. The Labute approximate surface area is 175 Å². The Kier molecular flexibility index (Phi) is 5.14. The Balaban J connectivity index is 1.34. The van der Waals surface area contributed by atoms with E-state index in [0.717, 1.165) is 61.1 Å². The van der Waals surface area contributed by atoms with Gasteiger partial charge >= 0.3 is 5.97 Å². The highest BCUT2D eigenvalue weighted by Crippen LogP contribution is 2.45. The molecule has 1 N–H and O–H groups in total. The van der Waals surface area contributed by atoms with Crippen LogP contribution in [0.25, 0.3) is 0 Å². The van der Waals surface area contributed by atoms with Crippen LogP contribution in [0.15, 0.2) is 41.3 Å². The lowest BCUT2D eigenvalue weighted by molar-refractivity contribution is -0.137. The molecule has 5 nitrogen and oxygen atoms in total. The van der Waals surface area contributed by atoms with Gasteiger partial charge in [-0.1, -0.05) is 18.2 Å². The van der Waals surface area contributed by atoms with Crippen LogP contribution in [0.1, 0.15) is 41.6 Å². The Hall–Kier alpha value is -2.18. The van der Waals surface area contributed by atoms with Crippen molar-refractivity contribution in [3.05, 3.63) is 53.1 Å². The Morgan fingerprint density at radius 1 is 1.21 bits per heavy atom. The number of carbonyl (C=O) groups is 1. The lowest BCUT2D eigenvalue weighted by Crippen LogP contribution is -2.36. The van der Waals surface area contributed by atoms with Crippen LogP contribution < -0.4 is 9.64 Å². The number of ether oxygens (including phenoxy) is 2. The number of benzene rings is 2.